The van der Waals surface area contributed by atoms with E-state index in [2.05, 4.69) is 97.7 Å². The first-order valence-corrected chi connectivity index (χ1v) is 19.2. The zero-order valence-electron chi connectivity index (χ0n) is 31.8. The minimum Gasteiger partial charge on any atom is -0.493 e. The van der Waals surface area contributed by atoms with Crippen LogP contribution in [0.25, 0.3) is 0 Å². The second kappa shape index (κ2) is 25.6. The third-order valence-corrected chi connectivity index (χ3v) is 8.31. The van der Waals surface area contributed by atoms with Crippen LogP contribution in [0.2, 0.25) is 0 Å². The van der Waals surface area contributed by atoms with Gasteiger partial charge < -0.3 is 19.3 Å². The number of aliphatic imine (C=N–C) groups is 2. The summed E-state index contributed by atoms with van der Waals surface area (Å²) in [6.07, 6.45) is 16.3. The van der Waals surface area contributed by atoms with Crippen molar-refractivity contribution in [1.29, 1.82) is 10.5 Å². The van der Waals surface area contributed by atoms with Gasteiger partial charge in [-0.3, -0.25) is 0 Å². The fourth-order valence-electron chi connectivity index (χ4n) is 5.70. The van der Waals surface area contributed by atoms with Gasteiger partial charge in [0.2, 0.25) is 0 Å². The fourth-order valence-corrected chi connectivity index (χ4v) is 5.70. The lowest BCUT2D eigenvalue weighted by Gasteiger charge is -2.25. The summed E-state index contributed by atoms with van der Waals surface area (Å²) < 4.78 is 12.6. The van der Waals surface area contributed by atoms with Gasteiger partial charge in [-0.05, 0) is 62.8 Å². The molecule has 0 radical (unpaired) electrons. The van der Waals surface area contributed by atoms with E-state index in [1.165, 1.54) is 25.7 Å². The standard InChI is InChI=1S/C42H62N6O2/c1-7-13-15-17-27-49-41-29-37(47(23-9-3)24-10-4)21-19-35(41)33-45-39(31-43)40(32-44)46-34-36-20-22-38(48(25-11-5)26-12-6)30-42(36)50-28-18-16-14-8-2/h19-22,29-30,33-34H,7-18,23-28H2,1-6H3/b40-39+,45-33?,46-34?. The number of allylic oxidation sites excluding steroid dienone is 2. The number of unbranched alkanes of at least 4 members (excludes halogenated alkanes) is 6. The van der Waals surface area contributed by atoms with E-state index in [4.69, 9.17) is 9.47 Å². The van der Waals surface area contributed by atoms with Crippen molar-refractivity contribution in [2.75, 3.05) is 49.2 Å². The Kier molecular flexibility index (Phi) is 21.5. The van der Waals surface area contributed by atoms with E-state index < -0.39 is 0 Å². The lowest BCUT2D eigenvalue weighted by molar-refractivity contribution is 0.304. The molecule has 0 spiro atoms. The van der Waals surface area contributed by atoms with Crippen molar-refractivity contribution in [2.45, 2.75) is 119 Å². The second-order valence-electron chi connectivity index (χ2n) is 12.7. The summed E-state index contributed by atoms with van der Waals surface area (Å²) in [5.41, 5.74) is 3.60. The first-order chi connectivity index (χ1) is 24.5. The van der Waals surface area contributed by atoms with E-state index in [-0.39, 0.29) is 11.4 Å². The maximum absolute atomic E-state index is 10.1. The van der Waals surface area contributed by atoms with Crippen LogP contribution in [-0.2, 0) is 0 Å². The molecule has 2 aromatic carbocycles. The highest BCUT2D eigenvalue weighted by molar-refractivity contribution is 5.87. The molecule has 272 valence electrons. The van der Waals surface area contributed by atoms with Crippen molar-refractivity contribution in [3.8, 4) is 23.6 Å². The highest BCUT2D eigenvalue weighted by atomic mass is 16.5. The van der Waals surface area contributed by atoms with Crippen molar-refractivity contribution < 1.29 is 9.47 Å². The van der Waals surface area contributed by atoms with Crippen LogP contribution in [0.5, 0.6) is 11.5 Å². The third kappa shape index (κ3) is 14.7. The van der Waals surface area contributed by atoms with E-state index in [0.29, 0.717) is 13.2 Å². The molecule has 0 aliphatic heterocycles. The van der Waals surface area contributed by atoms with Gasteiger partial charge in [0.15, 0.2) is 11.4 Å². The molecule has 2 aromatic rings. The predicted molar refractivity (Wildman–Crippen MR) is 211 cm³/mol. The summed E-state index contributed by atoms with van der Waals surface area (Å²) in [6.45, 7) is 18.2. The molecule has 0 unspecified atom stereocenters. The Balaban J connectivity index is 2.45. The lowest BCUT2D eigenvalue weighted by atomic mass is 10.1. The van der Waals surface area contributed by atoms with Crippen LogP contribution in [-0.4, -0.2) is 51.8 Å². The third-order valence-electron chi connectivity index (χ3n) is 8.31. The van der Waals surface area contributed by atoms with Gasteiger partial charge in [-0.25, -0.2) is 9.98 Å². The van der Waals surface area contributed by atoms with Gasteiger partial charge in [0, 0.05) is 73.2 Å². The maximum Gasteiger partial charge on any atom is 0.176 e. The van der Waals surface area contributed by atoms with E-state index in [9.17, 15) is 10.5 Å². The molecule has 8 heteroatoms. The normalized spacial score (nSPS) is 11.8. The van der Waals surface area contributed by atoms with E-state index in [1.54, 1.807) is 12.4 Å². The lowest BCUT2D eigenvalue weighted by Crippen LogP contribution is -2.24. The zero-order valence-corrected chi connectivity index (χ0v) is 31.8. The average molecular weight is 683 g/mol. The number of rotatable bonds is 26. The number of ether oxygens (including phenoxy) is 2. The highest BCUT2D eigenvalue weighted by Gasteiger charge is 2.13. The molecule has 0 saturated carbocycles. The van der Waals surface area contributed by atoms with Crippen LogP contribution in [0.4, 0.5) is 11.4 Å². The van der Waals surface area contributed by atoms with Crippen LogP contribution in [0.1, 0.15) is 130 Å². The molecule has 0 aliphatic carbocycles. The Morgan fingerprint density at radius 1 is 0.560 bits per heavy atom. The molecule has 2 rings (SSSR count). The molecular weight excluding hydrogens is 621 g/mol. The summed E-state index contributed by atoms with van der Waals surface area (Å²) in [5.74, 6) is 1.44. The quantitative estimate of drug-likeness (QED) is 0.0556. The minimum atomic E-state index is -0.0592. The number of nitrogens with zero attached hydrogens (tertiary/aromatic N) is 6. The van der Waals surface area contributed by atoms with Gasteiger partial charge >= 0.3 is 0 Å². The molecule has 0 fully saturated rings. The van der Waals surface area contributed by atoms with E-state index in [0.717, 1.165) is 112 Å². The molecule has 0 atom stereocenters. The molecule has 0 aliphatic rings. The summed E-state index contributed by atoms with van der Waals surface area (Å²) in [7, 11) is 0. The smallest absolute Gasteiger partial charge is 0.176 e. The van der Waals surface area contributed by atoms with Crippen LogP contribution in [0.3, 0.4) is 0 Å². The predicted octanol–water partition coefficient (Wildman–Crippen LogP) is 10.7. The van der Waals surface area contributed by atoms with Gasteiger partial charge in [-0.1, -0.05) is 80.1 Å². The minimum absolute atomic E-state index is 0.0592. The highest BCUT2D eigenvalue weighted by Crippen LogP contribution is 2.28. The van der Waals surface area contributed by atoms with Crippen molar-refractivity contribution in [3.05, 3.63) is 58.9 Å². The van der Waals surface area contributed by atoms with E-state index >= 15 is 0 Å². The topological polar surface area (TPSA) is 97.2 Å². The Bertz CT molecular complexity index is 1320. The molecule has 0 amide bonds. The summed E-state index contributed by atoms with van der Waals surface area (Å²) in [4.78, 5) is 13.7. The van der Waals surface area contributed by atoms with Crippen LogP contribution < -0.4 is 19.3 Å². The van der Waals surface area contributed by atoms with Crippen LogP contribution >= 0.6 is 0 Å². The number of nitriles is 2. The number of anilines is 2. The zero-order chi connectivity index (χ0) is 36.4. The Hall–Kier alpha value is -4.30. The molecule has 0 aromatic heterocycles. The maximum atomic E-state index is 10.1. The largest absolute Gasteiger partial charge is 0.493 e. The second-order valence-corrected chi connectivity index (χ2v) is 12.7. The summed E-state index contributed by atoms with van der Waals surface area (Å²) in [5, 5.41) is 20.1. The Morgan fingerprint density at radius 2 is 0.940 bits per heavy atom. The summed E-state index contributed by atoms with van der Waals surface area (Å²) >= 11 is 0. The Morgan fingerprint density at radius 3 is 1.26 bits per heavy atom. The molecule has 0 bridgehead atoms. The molecule has 0 heterocycles. The van der Waals surface area contributed by atoms with Gasteiger partial charge in [-0.2, -0.15) is 10.5 Å². The fraction of sp³-hybridized carbons (Fsp3) is 0.571. The van der Waals surface area contributed by atoms with Crippen molar-refractivity contribution in [1.82, 2.24) is 0 Å². The van der Waals surface area contributed by atoms with Gasteiger partial charge in [0.05, 0.1) is 13.2 Å². The first kappa shape index (κ1) is 41.9. The number of benzene rings is 2. The van der Waals surface area contributed by atoms with Crippen molar-refractivity contribution in [2.24, 2.45) is 9.98 Å². The molecule has 50 heavy (non-hydrogen) atoms. The van der Waals surface area contributed by atoms with Crippen molar-refractivity contribution in [3.63, 3.8) is 0 Å². The van der Waals surface area contributed by atoms with Crippen molar-refractivity contribution >= 4 is 23.8 Å². The van der Waals surface area contributed by atoms with Gasteiger partial charge in [-0.15, -0.1) is 0 Å². The SMILES string of the molecule is CCCCCCOc1cc(N(CCC)CCC)ccc1C=N/C(C#N)=C(\C#N)N=Cc1ccc(N(CCC)CCC)cc1OCCCCCC. The van der Waals surface area contributed by atoms with E-state index in [1.807, 2.05) is 12.1 Å². The number of hydrogen-bond acceptors (Lipinski definition) is 8. The molecular formula is C42H62N6O2. The summed E-state index contributed by atoms with van der Waals surface area (Å²) in [6, 6.07) is 16.4. The number of hydrogen-bond donors (Lipinski definition) is 0. The van der Waals surface area contributed by atoms with Gasteiger partial charge in [0.1, 0.15) is 23.6 Å². The molecule has 0 saturated heterocycles. The Labute approximate surface area is 303 Å². The molecule has 8 nitrogen and oxygen atoms in total. The van der Waals surface area contributed by atoms with Crippen LogP contribution in [0, 0.1) is 22.7 Å². The first-order valence-electron chi connectivity index (χ1n) is 19.2. The molecule has 0 N–H and O–H groups in total. The average Bonchev–Trinajstić information content (AvgIpc) is 3.13. The van der Waals surface area contributed by atoms with Crippen LogP contribution in [0.15, 0.2) is 57.8 Å². The monoisotopic (exact) mass is 682 g/mol. The van der Waals surface area contributed by atoms with Gasteiger partial charge in [0.25, 0.3) is 0 Å².